The van der Waals surface area contributed by atoms with Crippen LogP contribution in [0.15, 0.2) is 12.4 Å². The van der Waals surface area contributed by atoms with Gasteiger partial charge >= 0.3 is 0 Å². The summed E-state index contributed by atoms with van der Waals surface area (Å²) in [5, 5.41) is 0. The van der Waals surface area contributed by atoms with Crippen LogP contribution in [0.4, 0.5) is 10.2 Å². The molecule has 0 spiro atoms. The highest BCUT2D eigenvalue weighted by Gasteiger charge is 2.23. The maximum Gasteiger partial charge on any atom is 0.218 e. The van der Waals surface area contributed by atoms with Crippen LogP contribution in [0.5, 0.6) is 0 Å². The summed E-state index contributed by atoms with van der Waals surface area (Å²) in [5.74, 6) is 0.712. The molecule has 0 aliphatic carbocycles. The number of hydrogen-bond donors (Lipinski definition) is 0. The summed E-state index contributed by atoms with van der Waals surface area (Å²) in [6.07, 6.45) is 2.33. The van der Waals surface area contributed by atoms with E-state index in [9.17, 15) is 4.39 Å². The SMILES string of the molecule is COCC1CCN(c2cc(F)ncn2)C1. The van der Waals surface area contributed by atoms with Crippen molar-refractivity contribution < 1.29 is 9.13 Å². The predicted molar refractivity (Wildman–Crippen MR) is 54.2 cm³/mol. The van der Waals surface area contributed by atoms with Crippen molar-refractivity contribution in [2.75, 3.05) is 31.7 Å². The molecule has 1 saturated heterocycles. The number of aromatic nitrogens is 2. The molecule has 1 aliphatic rings. The highest BCUT2D eigenvalue weighted by atomic mass is 19.1. The molecule has 5 heteroatoms. The average molecular weight is 211 g/mol. The zero-order valence-corrected chi connectivity index (χ0v) is 8.69. The fourth-order valence-electron chi connectivity index (χ4n) is 1.91. The second-order valence-electron chi connectivity index (χ2n) is 3.75. The molecule has 0 saturated carbocycles. The van der Waals surface area contributed by atoms with E-state index < -0.39 is 5.95 Å². The fourth-order valence-corrected chi connectivity index (χ4v) is 1.91. The van der Waals surface area contributed by atoms with E-state index in [1.54, 1.807) is 7.11 Å². The first-order valence-electron chi connectivity index (χ1n) is 5.01. The summed E-state index contributed by atoms with van der Waals surface area (Å²) in [4.78, 5) is 9.55. The summed E-state index contributed by atoms with van der Waals surface area (Å²) in [6, 6.07) is 1.37. The summed E-state index contributed by atoms with van der Waals surface area (Å²) >= 11 is 0. The third kappa shape index (κ3) is 2.41. The van der Waals surface area contributed by atoms with Gasteiger partial charge in [-0.1, -0.05) is 0 Å². The van der Waals surface area contributed by atoms with Crippen molar-refractivity contribution in [2.45, 2.75) is 6.42 Å². The van der Waals surface area contributed by atoms with Crippen molar-refractivity contribution in [2.24, 2.45) is 5.92 Å². The number of hydrogen-bond acceptors (Lipinski definition) is 4. The quantitative estimate of drug-likeness (QED) is 0.701. The largest absolute Gasteiger partial charge is 0.384 e. The van der Waals surface area contributed by atoms with E-state index in [4.69, 9.17) is 4.74 Å². The van der Waals surface area contributed by atoms with E-state index in [2.05, 4.69) is 14.9 Å². The van der Waals surface area contributed by atoms with Crippen molar-refractivity contribution in [3.8, 4) is 0 Å². The Labute approximate surface area is 88.1 Å². The smallest absolute Gasteiger partial charge is 0.218 e. The topological polar surface area (TPSA) is 38.2 Å². The molecule has 0 bridgehead atoms. The summed E-state index contributed by atoms with van der Waals surface area (Å²) in [7, 11) is 1.70. The number of nitrogens with zero attached hydrogens (tertiary/aromatic N) is 3. The molecule has 4 nitrogen and oxygen atoms in total. The molecular weight excluding hydrogens is 197 g/mol. The van der Waals surface area contributed by atoms with Crippen molar-refractivity contribution in [1.82, 2.24) is 9.97 Å². The lowest BCUT2D eigenvalue weighted by molar-refractivity contribution is 0.161. The van der Waals surface area contributed by atoms with Gasteiger partial charge in [0.25, 0.3) is 0 Å². The summed E-state index contributed by atoms with van der Waals surface area (Å²) in [6.45, 7) is 2.54. The second kappa shape index (κ2) is 4.53. The third-order valence-electron chi connectivity index (χ3n) is 2.63. The average Bonchev–Trinajstić information content (AvgIpc) is 2.67. The van der Waals surface area contributed by atoms with Crippen LogP contribution in [0, 0.1) is 11.9 Å². The molecule has 1 atom stereocenters. The molecule has 0 amide bonds. The minimum Gasteiger partial charge on any atom is -0.384 e. The maximum atomic E-state index is 12.9. The van der Waals surface area contributed by atoms with E-state index in [1.165, 1.54) is 12.4 Å². The van der Waals surface area contributed by atoms with E-state index in [-0.39, 0.29) is 0 Å². The molecule has 15 heavy (non-hydrogen) atoms. The van der Waals surface area contributed by atoms with Gasteiger partial charge in [0.1, 0.15) is 12.1 Å². The van der Waals surface area contributed by atoms with Crippen LogP contribution in [0.25, 0.3) is 0 Å². The summed E-state index contributed by atoms with van der Waals surface area (Å²) < 4.78 is 18.0. The Hall–Kier alpha value is -1.23. The maximum absolute atomic E-state index is 12.9. The van der Waals surface area contributed by atoms with Crippen LogP contribution in [0.1, 0.15) is 6.42 Å². The van der Waals surface area contributed by atoms with Crippen LogP contribution in [0.2, 0.25) is 0 Å². The van der Waals surface area contributed by atoms with Crippen molar-refractivity contribution >= 4 is 5.82 Å². The van der Waals surface area contributed by atoms with Gasteiger partial charge in [0.2, 0.25) is 5.95 Å². The number of ether oxygens (including phenoxy) is 1. The predicted octanol–water partition coefficient (Wildman–Crippen LogP) is 1.09. The Bertz CT molecular complexity index is 334. The molecule has 2 rings (SSSR count). The second-order valence-corrected chi connectivity index (χ2v) is 3.75. The minimum atomic E-state index is -0.477. The van der Waals surface area contributed by atoms with E-state index in [0.717, 1.165) is 26.1 Å². The molecule has 1 aromatic rings. The van der Waals surface area contributed by atoms with Gasteiger partial charge in [-0.05, 0) is 6.42 Å². The third-order valence-corrected chi connectivity index (χ3v) is 2.63. The van der Waals surface area contributed by atoms with Crippen LogP contribution in [0.3, 0.4) is 0 Å². The first kappa shape index (κ1) is 10.3. The number of anilines is 1. The highest BCUT2D eigenvalue weighted by Crippen LogP contribution is 2.21. The van der Waals surface area contributed by atoms with E-state index >= 15 is 0 Å². The molecule has 0 aromatic carbocycles. The molecule has 1 unspecified atom stereocenters. The van der Waals surface area contributed by atoms with Crippen LogP contribution < -0.4 is 4.90 Å². The van der Waals surface area contributed by atoms with Gasteiger partial charge in [-0.3, -0.25) is 0 Å². The van der Waals surface area contributed by atoms with Gasteiger partial charge in [-0.15, -0.1) is 0 Å². The summed E-state index contributed by atoms with van der Waals surface area (Å²) in [5.41, 5.74) is 0. The Morgan fingerprint density at radius 1 is 1.60 bits per heavy atom. The molecule has 1 aromatic heterocycles. The van der Waals surface area contributed by atoms with Crippen LogP contribution in [-0.2, 0) is 4.74 Å². The molecule has 0 N–H and O–H groups in total. The van der Waals surface area contributed by atoms with E-state index in [0.29, 0.717) is 11.7 Å². The highest BCUT2D eigenvalue weighted by molar-refractivity contribution is 5.38. The standard InChI is InChI=1S/C10H14FN3O/c1-15-6-8-2-3-14(5-8)10-4-9(11)12-7-13-10/h4,7-8H,2-3,5-6H2,1H3. The van der Waals surface area contributed by atoms with Crippen molar-refractivity contribution in [3.05, 3.63) is 18.3 Å². The lowest BCUT2D eigenvalue weighted by atomic mass is 10.1. The van der Waals surface area contributed by atoms with Gasteiger partial charge in [-0.2, -0.15) is 4.39 Å². The van der Waals surface area contributed by atoms with Crippen molar-refractivity contribution in [1.29, 1.82) is 0 Å². The number of methoxy groups -OCH3 is 1. The zero-order chi connectivity index (χ0) is 10.7. The molecule has 0 radical (unpaired) electrons. The number of rotatable bonds is 3. The Kier molecular flexibility index (Phi) is 3.11. The normalized spacial score (nSPS) is 20.9. The zero-order valence-electron chi connectivity index (χ0n) is 8.69. The lowest BCUT2D eigenvalue weighted by Crippen LogP contribution is -2.22. The first-order valence-corrected chi connectivity index (χ1v) is 5.01. The van der Waals surface area contributed by atoms with Gasteiger partial charge in [0, 0.05) is 32.2 Å². The van der Waals surface area contributed by atoms with E-state index in [1.807, 2.05) is 0 Å². The van der Waals surface area contributed by atoms with Crippen LogP contribution >= 0.6 is 0 Å². The molecular formula is C10H14FN3O. The van der Waals surface area contributed by atoms with Gasteiger partial charge in [-0.25, -0.2) is 9.97 Å². The molecule has 1 fully saturated rings. The Morgan fingerprint density at radius 2 is 2.47 bits per heavy atom. The van der Waals surface area contributed by atoms with Crippen molar-refractivity contribution in [3.63, 3.8) is 0 Å². The minimum absolute atomic E-state index is 0.477. The Morgan fingerprint density at radius 3 is 3.20 bits per heavy atom. The van der Waals surface area contributed by atoms with Gasteiger partial charge < -0.3 is 9.64 Å². The Balaban J connectivity index is 2.01. The molecule has 2 heterocycles. The molecule has 82 valence electrons. The lowest BCUT2D eigenvalue weighted by Gasteiger charge is -2.16. The first-order chi connectivity index (χ1) is 7.29. The van der Waals surface area contributed by atoms with Gasteiger partial charge in [0.15, 0.2) is 0 Å². The van der Waals surface area contributed by atoms with Gasteiger partial charge in [0.05, 0.1) is 6.61 Å². The van der Waals surface area contributed by atoms with Crippen LogP contribution in [-0.4, -0.2) is 36.8 Å². The molecule has 1 aliphatic heterocycles. The number of halogens is 1. The monoisotopic (exact) mass is 211 g/mol. The fraction of sp³-hybridized carbons (Fsp3) is 0.600.